The molecular formula is C26H25N5O5. The molecule has 36 heavy (non-hydrogen) atoms. The highest BCUT2D eigenvalue weighted by atomic mass is 16.4. The quantitative estimate of drug-likeness (QED) is 0.545. The normalized spacial score (nSPS) is 20.3. The van der Waals surface area contributed by atoms with E-state index in [0.717, 1.165) is 34.7 Å². The molecule has 4 heterocycles. The summed E-state index contributed by atoms with van der Waals surface area (Å²) in [5, 5.41) is 17.9. The van der Waals surface area contributed by atoms with Gasteiger partial charge in [-0.05, 0) is 47.9 Å². The molecule has 4 amide bonds. The second-order valence-electron chi connectivity index (χ2n) is 9.62. The van der Waals surface area contributed by atoms with Crippen LogP contribution >= 0.6 is 0 Å². The summed E-state index contributed by atoms with van der Waals surface area (Å²) in [4.78, 5) is 51.6. The molecule has 3 aromatic rings. The van der Waals surface area contributed by atoms with Gasteiger partial charge in [-0.15, -0.1) is 0 Å². The van der Waals surface area contributed by atoms with Crippen LogP contribution in [0.4, 0.5) is 10.5 Å². The average Bonchev–Trinajstić information content (AvgIpc) is 3.45. The van der Waals surface area contributed by atoms with Crippen molar-refractivity contribution in [3.05, 3.63) is 59.4 Å². The van der Waals surface area contributed by atoms with Gasteiger partial charge in [0.2, 0.25) is 11.8 Å². The summed E-state index contributed by atoms with van der Waals surface area (Å²) in [5.41, 5.74) is 3.34. The molecule has 0 saturated carbocycles. The van der Waals surface area contributed by atoms with Crippen LogP contribution in [0, 0.1) is 0 Å². The first-order valence-corrected chi connectivity index (χ1v) is 12.1. The molecule has 184 valence electrons. The van der Waals surface area contributed by atoms with Gasteiger partial charge in [-0.2, -0.15) is 5.10 Å². The Hall–Kier alpha value is -4.21. The van der Waals surface area contributed by atoms with Gasteiger partial charge in [-0.1, -0.05) is 18.2 Å². The molecule has 3 aliphatic heterocycles. The van der Waals surface area contributed by atoms with Crippen LogP contribution in [0.2, 0.25) is 0 Å². The lowest BCUT2D eigenvalue weighted by Crippen LogP contribution is -2.53. The lowest BCUT2D eigenvalue weighted by atomic mass is 9.97. The number of carboxylic acid groups (broad SMARTS) is 1. The molecule has 6 rings (SSSR count). The summed E-state index contributed by atoms with van der Waals surface area (Å²) in [6, 6.07) is 8.97. The maximum absolute atomic E-state index is 13.3. The fourth-order valence-corrected chi connectivity index (χ4v) is 5.67. The SMILES string of the molecule is O=C1CCC(N2C(=O)c3cccc4c(Cc5cnn(C6CCN(C(=O)O)CC6)c5)ccc2c34)C(=O)N1. The van der Waals surface area contributed by atoms with Crippen LogP contribution in [0.3, 0.4) is 0 Å². The third-order valence-electron chi connectivity index (χ3n) is 7.50. The molecule has 0 bridgehead atoms. The number of imide groups is 1. The Morgan fingerprint density at radius 1 is 1.08 bits per heavy atom. The minimum absolute atomic E-state index is 0.168. The van der Waals surface area contributed by atoms with E-state index in [-0.39, 0.29) is 24.3 Å². The number of hydrogen-bond acceptors (Lipinski definition) is 5. The molecule has 10 nitrogen and oxygen atoms in total. The molecule has 0 radical (unpaired) electrons. The molecule has 2 fully saturated rings. The highest BCUT2D eigenvalue weighted by molar-refractivity contribution is 6.27. The predicted octanol–water partition coefficient (Wildman–Crippen LogP) is 2.71. The number of likely N-dealkylation sites (tertiary alicyclic amines) is 1. The molecule has 10 heteroatoms. The summed E-state index contributed by atoms with van der Waals surface area (Å²) < 4.78 is 1.93. The monoisotopic (exact) mass is 487 g/mol. The van der Waals surface area contributed by atoms with Crippen molar-refractivity contribution >= 4 is 40.3 Å². The number of hydrogen-bond donors (Lipinski definition) is 2. The van der Waals surface area contributed by atoms with E-state index < -0.39 is 18.0 Å². The maximum atomic E-state index is 13.3. The molecule has 2 N–H and O–H groups in total. The van der Waals surface area contributed by atoms with Crippen molar-refractivity contribution in [1.82, 2.24) is 20.0 Å². The van der Waals surface area contributed by atoms with E-state index in [1.165, 1.54) is 9.80 Å². The topological polar surface area (TPSA) is 125 Å². The molecule has 1 atom stereocenters. The van der Waals surface area contributed by atoms with Crippen LogP contribution < -0.4 is 10.2 Å². The minimum atomic E-state index is -0.878. The Morgan fingerprint density at radius 3 is 2.64 bits per heavy atom. The second-order valence-corrected chi connectivity index (χ2v) is 9.62. The van der Waals surface area contributed by atoms with Gasteiger partial charge in [-0.3, -0.25) is 29.3 Å². The number of anilines is 1. The first-order chi connectivity index (χ1) is 17.4. The number of piperidine rings is 2. The minimum Gasteiger partial charge on any atom is -0.465 e. The summed E-state index contributed by atoms with van der Waals surface area (Å²) in [6.07, 6.45) is 5.57. The first kappa shape index (κ1) is 22.3. The van der Waals surface area contributed by atoms with Gasteiger partial charge in [0.1, 0.15) is 6.04 Å². The molecule has 0 aliphatic carbocycles. The van der Waals surface area contributed by atoms with Crippen LogP contribution in [0.1, 0.15) is 53.2 Å². The van der Waals surface area contributed by atoms with Gasteiger partial charge in [0.25, 0.3) is 5.91 Å². The maximum Gasteiger partial charge on any atom is 0.407 e. The number of amides is 4. The lowest BCUT2D eigenvalue weighted by Gasteiger charge is -2.30. The molecular weight excluding hydrogens is 462 g/mol. The number of carbonyl (C=O) groups is 4. The van der Waals surface area contributed by atoms with Gasteiger partial charge in [0.05, 0.1) is 17.9 Å². The predicted molar refractivity (Wildman–Crippen MR) is 130 cm³/mol. The van der Waals surface area contributed by atoms with Crippen LogP contribution in [0.5, 0.6) is 0 Å². The highest BCUT2D eigenvalue weighted by Crippen LogP contribution is 2.41. The van der Waals surface area contributed by atoms with Gasteiger partial charge >= 0.3 is 6.09 Å². The number of carbonyl (C=O) groups excluding carboxylic acids is 3. The summed E-state index contributed by atoms with van der Waals surface area (Å²) in [6.45, 7) is 1.00. The lowest BCUT2D eigenvalue weighted by molar-refractivity contribution is -0.134. The third kappa shape index (κ3) is 3.60. The number of nitrogens with zero attached hydrogens (tertiary/aromatic N) is 4. The number of rotatable bonds is 4. The molecule has 1 aromatic heterocycles. The van der Waals surface area contributed by atoms with Crippen LogP contribution in [-0.4, -0.2) is 62.7 Å². The second kappa shape index (κ2) is 8.47. The summed E-state index contributed by atoms with van der Waals surface area (Å²) in [5.74, 6) is -0.970. The smallest absolute Gasteiger partial charge is 0.407 e. The zero-order valence-electron chi connectivity index (χ0n) is 19.5. The molecule has 3 aliphatic rings. The van der Waals surface area contributed by atoms with Gasteiger partial charge < -0.3 is 10.0 Å². The molecule has 2 saturated heterocycles. The molecule has 2 aromatic carbocycles. The van der Waals surface area contributed by atoms with Crippen molar-refractivity contribution in [2.75, 3.05) is 18.0 Å². The number of nitrogens with one attached hydrogen (secondary N) is 1. The van der Waals surface area contributed by atoms with Crippen molar-refractivity contribution < 1.29 is 24.3 Å². The standard InChI is InChI=1S/C26H25N5O5/c32-22-7-6-21(24(33)28-22)31-20-5-4-16(18-2-1-3-19(23(18)20)25(31)34)12-15-13-27-30(14-15)17-8-10-29(11-9-17)26(35)36/h1-5,13-14,17,21H,6-12H2,(H,35,36)(H,28,32,33). The van der Waals surface area contributed by atoms with Crippen LogP contribution in [0.15, 0.2) is 42.7 Å². The highest BCUT2D eigenvalue weighted by Gasteiger charge is 2.40. The van der Waals surface area contributed by atoms with Crippen LogP contribution in [0.25, 0.3) is 10.8 Å². The van der Waals surface area contributed by atoms with Gasteiger partial charge in [0.15, 0.2) is 0 Å². The van der Waals surface area contributed by atoms with Crippen molar-refractivity contribution in [3.8, 4) is 0 Å². The Morgan fingerprint density at radius 2 is 1.89 bits per heavy atom. The third-order valence-corrected chi connectivity index (χ3v) is 7.50. The fourth-order valence-electron chi connectivity index (χ4n) is 5.67. The van der Waals surface area contributed by atoms with E-state index in [1.54, 1.807) is 6.07 Å². The van der Waals surface area contributed by atoms with E-state index in [0.29, 0.717) is 37.2 Å². The van der Waals surface area contributed by atoms with Crippen molar-refractivity contribution in [2.24, 2.45) is 0 Å². The zero-order chi connectivity index (χ0) is 25.0. The Kier molecular flexibility index (Phi) is 5.24. The van der Waals surface area contributed by atoms with E-state index >= 15 is 0 Å². The number of benzene rings is 2. The van der Waals surface area contributed by atoms with Crippen molar-refractivity contribution in [2.45, 2.75) is 44.2 Å². The largest absolute Gasteiger partial charge is 0.465 e. The Bertz CT molecular complexity index is 1420. The summed E-state index contributed by atoms with van der Waals surface area (Å²) in [7, 11) is 0. The van der Waals surface area contributed by atoms with E-state index in [9.17, 15) is 19.2 Å². The zero-order valence-corrected chi connectivity index (χ0v) is 19.5. The van der Waals surface area contributed by atoms with Crippen LogP contribution in [-0.2, 0) is 16.0 Å². The summed E-state index contributed by atoms with van der Waals surface area (Å²) >= 11 is 0. The molecule has 0 spiro atoms. The average molecular weight is 488 g/mol. The van der Waals surface area contributed by atoms with E-state index in [4.69, 9.17) is 5.11 Å². The van der Waals surface area contributed by atoms with E-state index in [2.05, 4.69) is 10.4 Å². The van der Waals surface area contributed by atoms with Gasteiger partial charge in [-0.25, -0.2) is 4.79 Å². The van der Waals surface area contributed by atoms with Crippen molar-refractivity contribution in [1.29, 1.82) is 0 Å². The van der Waals surface area contributed by atoms with Crippen molar-refractivity contribution in [3.63, 3.8) is 0 Å². The number of aromatic nitrogens is 2. The molecule has 1 unspecified atom stereocenters. The van der Waals surface area contributed by atoms with Gasteiger partial charge in [0, 0.05) is 43.1 Å². The Balaban J connectivity index is 1.27. The fraction of sp³-hybridized carbons (Fsp3) is 0.346. The van der Waals surface area contributed by atoms with E-state index in [1.807, 2.05) is 41.3 Å². The first-order valence-electron chi connectivity index (χ1n) is 12.1. The Labute approximate surface area is 206 Å².